The van der Waals surface area contributed by atoms with Crippen molar-refractivity contribution in [2.45, 2.75) is 32.3 Å². The number of aliphatic hydroxyl groups excluding tert-OH is 1. The first-order valence-electron chi connectivity index (χ1n) is 5.96. The Morgan fingerprint density at radius 1 is 1.31 bits per heavy atom. The molecule has 0 saturated carbocycles. The van der Waals surface area contributed by atoms with Crippen LogP contribution in [-0.2, 0) is 4.74 Å². The molecule has 0 amide bonds. The van der Waals surface area contributed by atoms with E-state index in [-0.39, 0.29) is 12.0 Å². The van der Waals surface area contributed by atoms with Gasteiger partial charge < -0.3 is 19.8 Å². The summed E-state index contributed by atoms with van der Waals surface area (Å²) >= 11 is 0. The summed E-state index contributed by atoms with van der Waals surface area (Å²) in [5, 5.41) is 19.3. The normalized spacial score (nSPS) is 21.4. The number of hydrogen-bond donors (Lipinski definition) is 2. The molecule has 96 valence electrons. The Labute approximate surface area is 98.2 Å². The van der Waals surface area contributed by atoms with Crippen molar-refractivity contribution in [2.75, 3.05) is 40.0 Å². The van der Waals surface area contributed by atoms with Crippen molar-refractivity contribution < 1.29 is 14.9 Å². The number of aliphatic hydroxyl groups is 2. The Morgan fingerprint density at radius 3 is 2.31 bits per heavy atom. The molecule has 1 rings (SSSR count). The van der Waals surface area contributed by atoms with Crippen LogP contribution in [0.2, 0.25) is 0 Å². The Kier molecular flexibility index (Phi) is 4.73. The van der Waals surface area contributed by atoms with Gasteiger partial charge in [-0.2, -0.15) is 0 Å². The Morgan fingerprint density at radius 2 is 1.88 bits per heavy atom. The van der Waals surface area contributed by atoms with Gasteiger partial charge in [-0.15, -0.1) is 0 Å². The van der Waals surface area contributed by atoms with Gasteiger partial charge >= 0.3 is 0 Å². The summed E-state index contributed by atoms with van der Waals surface area (Å²) in [7, 11) is 1.99. The van der Waals surface area contributed by atoms with Crippen molar-refractivity contribution in [3.63, 3.8) is 0 Å². The minimum absolute atomic E-state index is 0.0434. The van der Waals surface area contributed by atoms with Gasteiger partial charge in [-0.1, -0.05) is 0 Å². The predicted octanol–water partition coefficient (Wildman–Crippen LogP) is 0.478. The van der Waals surface area contributed by atoms with Crippen LogP contribution in [0.15, 0.2) is 0 Å². The highest BCUT2D eigenvalue weighted by molar-refractivity contribution is 4.85. The minimum Gasteiger partial charge on any atom is -0.396 e. The van der Waals surface area contributed by atoms with Gasteiger partial charge in [-0.3, -0.25) is 0 Å². The Hall–Kier alpha value is -0.160. The number of nitrogens with zero attached hydrogens (tertiary/aromatic N) is 1. The molecule has 0 aliphatic carbocycles. The number of ether oxygens (including phenoxy) is 1. The maximum absolute atomic E-state index is 9.75. The van der Waals surface area contributed by atoms with Crippen molar-refractivity contribution in [1.29, 1.82) is 0 Å². The van der Waals surface area contributed by atoms with Crippen molar-refractivity contribution >= 4 is 0 Å². The van der Waals surface area contributed by atoms with E-state index in [1.165, 1.54) is 0 Å². The lowest BCUT2D eigenvalue weighted by atomic mass is 9.80. The van der Waals surface area contributed by atoms with Gasteiger partial charge in [0, 0.05) is 31.7 Å². The molecule has 0 aromatic rings. The molecule has 0 atom stereocenters. The zero-order valence-electron chi connectivity index (χ0n) is 10.7. The van der Waals surface area contributed by atoms with Crippen molar-refractivity contribution in [3.8, 4) is 0 Å². The topological polar surface area (TPSA) is 52.9 Å². The summed E-state index contributed by atoms with van der Waals surface area (Å²) in [5.41, 5.74) is -0.727. The van der Waals surface area contributed by atoms with Gasteiger partial charge in [0.2, 0.25) is 0 Å². The number of likely N-dealkylation sites (N-methyl/N-ethyl adjacent to an activating group) is 1. The third kappa shape index (κ3) is 4.37. The molecule has 1 aliphatic rings. The molecule has 1 fully saturated rings. The molecule has 0 bridgehead atoms. The molecule has 0 unspecified atom stereocenters. The van der Waals surface area contributed by atoms with E-state index in [2.05, 4.69) is 4.90 Å². The number of hydrogen-bond acceptors (Lipinski definition) is 4. The van der Waals surface area contributed by atoms with Gasteiger partial charge in [0.25, 0.3) is 0 Å². The van der Waals surface area contributed by atoms with Crippen LogP contribution in [0.5, 0.6) is 0 Å². The summed E-state index contributed by atoms with van der Waals surface area (Å²) in [6, 6.07) is 0. The van der Waals surface area contributed by atoms with Gasteiger partial charge in [-0.05, 0) is 33.7 Å². The lowest BCUT2D eigenvalue weighted by Crippen LogP contribution is -2.46. The van der Waals surface area contributed by atoms with Crippen LogP contribution in [0.3, 0.4) is 0 Å². The fourth-order valence-electron chi connectivity index (χ4n) is 2.46. The van der Waals surface area contributed by atoms with Gasteiger partial charge in [-0.25, -0.2) is 0 Å². The molecule has 1 aliphatic heterocycles. The first-order chi connectivity index (χ1) is 7.37. The molecule has 4 heteroatoms. The molecule has 1 saturated heterocycles. The molecular weight excluding hydrogens is 206 g/mol. The van der Waals surface area contributed by atoms with Gasteiger partial charge in [0.1, 0.15) is 0 Å². The maximum atomic E-state index is 9.75. The van der Waals surface area contributed by atoms with E-state index in [9.17, 15) is 10.2 Å². The molecule has 4 nitrogen and oxygen atoms in total. The van der Waals surface area contributed by atoms with Crippen LogP contribution in [0, 0.1) is 5.41 Å². The lowest BCUT2D eigenvalue weighted by Gasteiger charge is -2.39. The van der Waals surface area contributed by atoms with E-state index in [4.69, 9.17) is 4.74 Å². The van der Waals surface area contributed by atoms with E-state index < -0.39 is 5.60 Å². The third-order valence-electron chi connectivity index (χ3n) is 3.15. The van der Waals surface area contributed by atoms with Crippen LogP contribution in [0.1, 0.15) is 26.7 Å². The van der Waals surface area contributed by atoms with Crippen LogP contribution in [0.4, 0.5) is 0 Å². The predicted molar refractivity (Wildman–Crippen MR) is 63.4 cm³/mol. The fraction of sp³-hybridized carbons (Fsp3) is 1.00. The zero-order chi connectivity index (χ0) is 12.2. The summed E-state index contributed by atoms with van der Waals surface area (Å²) in [6.45, 7) is 6.71. The van der Waals surface area contributed by atoms with Crippen LogP contribution >= 0.6 is 0 Å². The second kappa shape index (κ2) is 5.45. The number of rotatable bonds is 5. The van der Waals surface area contributed by atoms with Crippen molar-refractivity contribution in [2.24, 2.45) is 5.41 Å². The first kappa shape index (κ1) is 13.9. The monoisotopic (exact) mass is 231 g/mol. The summed E-state index contributed by atoms with van der Waals surface area (Å²) in [6.07, 6.45) is 1.80. The van der Waals surface area contributed by atoms with Crippen molar-refractivity contribution in [1.82, 2.24) is 4.90 Å². The van der Waals surface area contributed by atoms with Crippen LogP contribution in [-0.4, -0.2) is 60.7 Å². The summed E-state index contributed by atoms with van der Waals surface area (Å²) in [5.74, 6) is 0. The smallest absolute Gasteiger partial charge is 0.0718 e. The minimum atomic E-state index is -0.684. The highest BCUT2D eigenvalue weighted by Crippen LogP contribution is 2.30. The van der Waals surface area contributed by atoms with Gasteiger partial charge in [0.15, 0.2) is 0 Å². The largest absolute Gasteiger partial charge is 0.396 e. The van der Waals surface area contributed by atoms with Crippen LogP contribution < -0.4 is 0 Å². The third-order valence-corrected chi connectivity index (χ3v) is 3.15. The average Bonchev–Trinajstić information content (AvgIpc) is 2.16. The maximum Gasteiger partial charge on any atom is 0.0718 e. The quantitative estimate of drug-likeness (QED) is 0.722. The SMILES string of the molecule is CN(CC(C)(C)O)CC1(CO)CCOCC1. The van der Waals surface area contributed by atoms with Crippen LogP contribution in [0.25, 0.3) is 0 Å². The fourth-order valence-corrected chi connectivity index (χ4v) is 2.46. The van der Waals surface area contributed by atoms with E-state index in [1.54, 1.807) is 13.8 Å². The molecule has 0 radical (unpaired) electrons. The molecule has 0 aromatic carbocycles. The van der Waals surface area contributed by atoms with E-state index in [1.807, 2.05) is 7.05 Å². The second-order valence-corrected chi connectivity index (χ2v) is 5.76. The molecule has 2 N–H and O–H groups in total. The average molecular weight is 231 g/mol. The van der Waals surface area contributed by atoms with Crippen molar-refractivity contribution in [3.05, 3.63) is 0 Å². The molecule has 0 spiro atoms. The highest BCUT2D eigenvalue weighted by atomic mass is 16.5. The molecular formula is C12H25NO3. The Balaban J connectivity index is 2.48. The lowest BCUT2D eigenvalue weighted by molar-refractivity contribution is -0.0421. The molecule has 16 heavy (non-hydrogen) atoms. The van der Waals surface area contributed by atoms with E-state index >= 15 is 0 Å². The highest BCUT2D eigenvalue weighted by Gasteiger charge is 2.33. The van der Waals surface area contributed by atoms with E-state index in [0.717, 1.165) is 32.6 Å². The van der Waals surface area contributed by atoms with Gasteiger partial charge in [0.05, 0.1) is 12.2 Å². The molecule has 1 heterocycles. The summed E-state index contributed by atoms with van der Waals surface area (Å²) < 4.78 is 5.33. The van der Waals surface area contributed by atoms with E-state index in [0.29, 0.717) is 6.54 Å². The molecule has 0 aromatic heterocycles. The second-order valence-electron chi connectivity index (χ2n) is 5.76. The Bertz CT molecular complexity index is 207. The summed E-state index contributed by atoms with van der Waals surface area (Å²) in [4.78, 5) is 2.10. The zero-order valence-corrected chi connectivity index (χ0v) is 10.7. The standard InChI is InChI=1S/C12H25NO3/c1-11(2,15)8-13(3)9-12(10-14)4-6-16-7-5-12/h14-15H,4-10H2,1-3H3. The first-order valence-corrected chi connectivity index (χ1v) is 5.96.